The van der Waals surface area contributed by atoms with Crippen LogP contribution in [0.3, 0.4) is 0 Å². The third kappa shape index (κ3) is 0.560. The van der Waals surface area contributed by atoms with E-state index < -0.39 is 5.97 Å². The number of carboxylic acids is 1. The molecule has 56 valence electrons. The van der Waals surface area contributed by atoms with Crippen molar-refractivity contribution >= 4 is 5.97 Å². The normalized spacial score (nSPS) is 50.5. The summed E-state index contributed by atoms with van der Waals surface area (Å²) in [6, 6.07) is 0. The summed E-state index contributed by atoms with van der Waals surface area (Å²) in [6.45, 7) is 0. The van der Waals surface area contributed by atoms with Crippen LogP contribution in [0, 0.1) is 17.8 Å². The van der Waals surface area contributed by atoms with E-state index in [1.54, 1.807) is 0 Å². The fourth-order valence-electron chi connectivity index (χ4n) is 2.31. The maximum absolute atomic E-state index is 10.5. The maximum Gasteiger partial charge on any atom is 0.307 e. The highest BCUT2D eigenvalue weighted by atomic mass is 16.4. The SMILES string of the molecule is O=C(O)[C@@H]1[C@H]2C[C@@H]1[C@@H](O)C2. The fourth-order valence-corrected chi connectivity index (χ4v) is 2.31. The molecule has 2 bridgehead atoms. The Labute approximate surface area is 58.7 Å². The standard InChI is InChI=1S/C7H10O3/c8-5-2-3-1-4(5)6(3)7(9)10/h3-6,8H,1-2H2,(H,9,10)/t3-,4+,5-,6+/m0/s1. The number of fused-ring (bicyclic) bond motifs is 1. The van der Waals surface area contributed by atoms with E-state index in [2.05, 4.69) is 0 Å². The molecule has 3 saturated carbocycles. The number of carboxylic acid groups (broad SMARTS) is 1. The molecule has 3 aliphatic carbocycles. The van der Waals surface area contributed by atoms with Crippen molar-refractivity contribution in [1.29, 1.82) is 0 Å². The summed E-state index contributed by atoms with van der Waals surface area (Å²) in [6.07, 6.45) is 1.31. The van der Waals surface area contributed by atoms with Crippen molar-refractivity contribution in [3.05, 3.63) is 0 Å². The second kappa shape index (κ2) is 1.72. The number of rotatable bonds is 1. The van der Waals surface area contributed by atoms with Gasteiger partial charge in [0.2, 0.25) is 0 Å². The number of aliphatic hydroxyl groups excluding tert-OH is 1. The van der Waals surface area contributed by atoms with Crippen LogP contribution < -0.4 is 0 Å². The topological polar surface area (TPSA) is 57.5 Å². The van der Waals surface area contributed by atoms with Crippen molar-refractivity contribution in [2.75, 3.05) is 0 Å². The van der Waals surface area contributed by atoms with Crippen molar-refractivity contribution in [2.24, 2.45) is 17.8 Å². The third-order valence-corrected chi connectivity index (χ3v) is 2.87. The summed E-state index contributed by atoms with van der Waals surface area (Å²) in [5, 5.41) is 17.8. The van der Waals surface area contributed by atoms with Crippen molar-refractivity contribution in [3.8, 4) is 0 Å². The second-order valence-corrected chi connectivity index (χ2v) is 3.33. The van der Waals surface area contributed by atoms with Crippen LogP contribution in [0.25, 0.3) is 0 Å². The van der Waals surface area contributed by atoms with E-state index >= 15 is 0 Å². The molecule has 0 aliphatic heterocycles. The quantitative estimate of drug-likeness (QED) is 0.545. The van der Waals surface area contributed by atoms with E-state index in [1.165, 1.54) is 0 Å². The molecular weight excluding hydrogens is 132 g/mol. The average molecular weight is 142 g/mol. The van der Waals surface area contributed by atoms with E-state index in [4.69, 9.17) is 5.11 Å². The van der Waals surface area contributed by atoms with E-state index in [0.29, 0.717) is 6.42 Å². The highest BCUT2D eigenvalue weighted by Gasteiger charge is 2.55. The van der Waals surface area contributed by atoms with Gasteiger partial charge in [0.1, 0.15) is 0 Å². The molecule has 0 saturated heterocycles. The predicted octanol–water partition coefficient (Wildman–Crippen LogP) is 0.0879. The summed E-state index contributed by atoms with van der Waals surface area (Å²) in [4.78, 5) is 10.5. The monoisotopic (exact) mass is 142 g/mol. The Morgan fingerprint density at radius 2 is 2.10 bits per heavy atom. The van der Waals surface area contributed by atoms with Gasteiger partial charge in [0.25, 0.3) is 0 Å². The second-order valence-electron chi connectivity index (χ2n) is 3.33. The molecule has 3 rings (SSSR count). The van der Waals surface area contributed by atoms with Crippen LogP contribution in [-0.2, 0) is 4.79 Å². The molecule has 2 N–H and O–H groups in total. The largest absolute Gasteiger partial charge is 0.481 e. The molecule has 0 amide bonds. The van der Waals surface area contributed by atoms with Gasteiger partial charge in [-0.3, -0.25) is 4.79 Å². The number of carbonyl (C=O) groups is 1. The van der Waals surface area contributed by atoms with Gasteiger partial charge in [-0.2, -0.15) is 0 Å². The zero-order valence-corrected chi connectivity index (χ0v) is 5.53. The van der Waals surface area contributed by atoms with E-state index in [9.17, 15) is 9.90 Å². The number of aliphatic carboxylic acids is 1. The lowest BCUT2D eigenvalue weighted by molar-refractivity contribution is -0.149. The van der Waals surface area contributed by atoms with Gasteiger partial charge in [0.05, 0.1) is 12.0 Å². The Morgan fingerprint density at radius 3 is 2.30 bits per heavy atom. The number of aliphatic hydroxyl groups is 1. The van der Waals surface area contributed by atoms with Crippen molar-refractivity contribution in [1.82, 2.24) is 0 Å². The lowest BCUT2D eigenvalue weighted by Gasteiger charge is -2.31. The summed E-state index contributed by atoms with van der Waals surface area (Å²) in [5.41, 5.74) is 0. The summed E-state index contributed by atoms with van der Waals surface area (Å²) in [5.74, 6) is -0.604. The summed E-state index contributed by atoms with van der Waals surface area (Å²) in [7, 11) is 0. The van der Waals surface area contributed by atoms with Gasteiger partial charge in [-0.25, -0.2) is 0 Å². The van der Waals surface area contributed by atoms with Gasteiger partial charge in [0, 0.05) is 0 Å². The highest BCUT2D eigenvalue weighted by molar-refractivity contribution is 5.72. The third-order valence-electron chi connectivity index (χ3n) is 2.87. The van der Waals surface area contributed by atoms with Crippen LogP contribution in [0.2, 0.25) is 0 Å². The predicted molar refractivity (Wildman–Crippen MR) is 33.3 cm³/mol. The zero-order chi connectivity index (χ0) is 7.30. The molecule has 3 aliphatic rings. The first-order valence-electron chi connectivity index (χ1n) is 3.61. The molecular formula is C7H10O3. The Bertz CT molecular complexity index is 178. The molecule has 10 heavy (non-hydrogen) atoms. The first-order chi connectivity index (χ1) is 4.70. The van der Waals surface area contributed by atoms with Gasteiger partial charge in [-0.1, -0.05) is 0 Å². The Hall–Kier alpha value is -0.570. The summed E-state index contributed by atoms with van der Waals surface area (Å²) >= 11 is 0. The molecule has 4 atom stereocenters. The van der Waals surface area contributed by atoms with E-state index in [0.717, 1.165) is 6.42 Å². The molecule has 3 heteroatoms. The van der Waals surface area contributed by atoms with Crippen LogP contribution in [0.1, 0.15) is 12.8 Å². The lowest BCUT2D eigenvalue weighted by Crippen LogP contribution is -2.37. The van der Waals surface area contributed by atoms with Gasteiger partial charge in [-0.05, 0) is 24.7 Å². The average Bonchev–Trinajstić information content (AvgIpc) is 2.18. The minimum absolute atomic E-state index is 0.0718. The van der Waals surface area contributed by atoms with Gasteiger partial charge in [-0.15, -0.1) is 0 Å². The van der Waals surface area contributed by atoms with Crippen LogP contribution in [0.5, 0.6) is 0 Å². The number of hydrogen-bond donors (Lipinski definition) is 2. The Balaban J connectivity index is 2.12. The Morgan fingerprint density at radius 1 is 1.40 bits per heavy atom. The molecule has 3 fully saturated rings. The minimum atomic E-state index is -0.724. The molecule has 0 aromatic heterocycles. The van der Waals surface area contributed by atoms with Crippen LogP contribution >= 0.6 is 0 Å². The molecule has 3 nitrogen and oxygen atoms in total. The molecule has 0 spiro atoms. The molecule has 0 radical (unpaired) electrons. The van der Waals surface area contributed by atoms with Gasteiger partial charge < -0.3 is 10.2 Å². The molecule has 0 heterocycles. The smallest absolute Gasteiger partial charge is 0.307 e. The van der Waals surface area contributed by atoms with Gasteiger partial charge >= 0.3 is 5.97 Å². The zero-order valence-electron chi connectivity index (χ0n) is 5.53. The Kier molecular flexibility index (Phi) is 1.06. The summed E-state index contributed by atoms with van der Waals surface area (Å²) < 4.78 is 0. The first kappa shape index (κ1) is 6.16. The maximum atomic E-state index is 10.5. The fraction of sp³-hybridized carbons (Fsp3) is 0.857. The highest BCUT2D eigenvalue weighted by Crippen LogP contribution is 2.53. The van der Waals surface area contributed by atoms with Gasteiger partial charge in [0.15, 0.2) is 0 Å². The van der Waals surface area contributed by atoms with Crippen LogP contribution in [0.4, 0.5) is 0 Å². The van der Waals surface area contributed by atoms with Crippen molar-refractivity contribution < 1.29 is 15.0 Å². The lowest BCUT2D eigenvalue weighted by atomic mass is 9.72. The van der Waals surface area contributed by atoms with Crippen molar-refractivity contribution in [3.63, 3.8) is 0 Å². The van der Waals surface area contributed by atoms with E-state index in [1.807, 2.05) is 0 Å². The molecule has 0 unspecified atom stereocenters. The first-order valence-corrected chi connectivity index (χ1v) is 3.61. The van der Waals surface area contributed by atoms with Crippen LogP contribution in [0.15, 0.2) is 0 Å². The molecule has 0 aromatic carbocycles. The molecule has 0 aromatic rings. The number of hydrogen-bond acceptors (Lipinski definition) is 2. The van der Waals surface area contributed by atoms with Crippen LogP contribution in [-0.4, -0.2) is 22.3 Å². The van der Waals surface area contributed by atoms with Crippen molar-refractivity contribution in [2.45, 2.75) is 18.9 Å². The minimum Gasteiger partial charge on any atom is -0.481 e. The van der Waals surface area contributed by atoms with E-state index in [-0.39, 0.29) is 23.9 Å².